The average molecular weight is 285 g/mol. The van der Waals surface area contributed by atoms with Gasteiger partial charge in [-0.3, -0.25) is 0 Å². The summed E-state index contributed by atoms with van der Waals surface area (Å²) in [6.07, 6.45) is -0.221. The van der Waals surface area contributed by atoms with E-state index in [1.54, 1.807) is 0 Å². The summed E-state index contributed by atoms with van der Waals surface area (Å²) < 4.78 is 0.950. The van der Waals surface area contributed by atoms with Gasteiger partial charge in [-0.25, -0.2) is 4.79 Å². The van der Waals surface area contributed by atoms with E-state index >= 15 is 0 Å². The lowest BCUT2D eigenvalue weighted by Gasteiger charge is -2.16. The van der Waals surface area contributed by atoms with Crippen LogP contribution in [-0.2, 0) is 6.54 Å². The third-order valence-electron chi connectivity index (χ3n) is 2.85. The highest BCUT2D eigenvalue weighted by molar-refractivity contribution is 9.10. The molecule has 1 amide bonds. The maximum absolute atomic E-state index is 11.0. The first-order chi connectivity index (χ1) is 7.58. The van der Waals surface area contributed by atoms with E-state index in [0.29, 0.717) is 19.5 Å². The van der Waals surface area contributed by atoms with Crippen LogP contribution in [0.1, 0.15) is 23.6 Å². The van der Waals surface area contributed by atoms with Gasteiger partial charge in [0.2, 0.25) is 0 Å². The van der Waals surface area contributed by atoms with Gasteiger partial charge in [0.1, 0.15) is 0 Å². The lowest BCUT2D eigenvalue weighted by molar-refractivity contribution is 0.142. The van der Waals surface area contributed by atoms with Crippen LogP contribution < -0.4 is 5.73 Å². The van der Waals surface area contributed by atoms with E-state index < -0.39 is 6.09 Å². The molecular weight excluding hydrogens is 272 g/mol. The molecule has 0 saturated heterocycles. The van der Waals surface area contributed by atoms with Crippen LogP contribution in [0.3, 0.4) is 0 Å². The van der Waals surface area contributed by atoms with Gasteiger partial charge in [0.15, 0.2) is 0 Å². The molecule has 1 atom stereocenters. The second kappa shape index (κ2) is 4.43. The summed E-state index contributed by atoms with van der Waals surface area (Å²) >= 11 is 3.39. The van der Waals surface area contributed by atoms with Crippen LogP contribution >= 0.6 is 15.9 Å². The molecule has 0 fully saturated rings. The van der Waals surface area contributed by atoms with E-state index in [0.717, 1.165) is 15.6 Å². The number of nitrogens with zero attached hydrogens (tertiary/aromatic N) is 1. The number of fused-ring (bicyclic) bond motifs is 1. The molecule has 0 spiro atoms. The quantitative estimate of drug-likeness (QED) is 0.768. The number of hydrogen-bond acceptors (Lipinski definition) is 2. The maximum Gasteiger partial charge on any atom is 0.407 e. The summed E-state index contributed by atoms with van der Waals surface area (Å²) in [7, 11) is 0. The zero-order chi connectivity index (χ0) is 11.7. The van der Waals surface area contributed by atoms with Gasteiger partial charge in [-0.2, -0.15) is 0 Å². The lowest BCUT2D eigenvalue weighted by Crippen LogP contribution is -2.29. The molecule has 0 unspecified atom stereocenters. The number of rotatable bonds is 0. The Hall–Kier alpha value is -1.07. The van der Waals surface area contributed by atoms with E-state index in [4.69, 9.17) is 10.8 Å². The summed E-state index contributed by atoms with van der Waals surface area (Å²) in [5.74, 6) is 0. The molecule has 1 aromatic rings. The summed E-state index contributed by atoms with van der Waals surface area (Å²) in [4.78, 5) is 12.4. The summed E-state index contributed by atoms with van der Waals surface area (Å²) in [5, 5.41) is 9.02. The van der Waals surface area contributed by atoms with Gasteiger partial charge in [0.25, 0.3) is 0 Å². The van der Waals surface area contributed by atoms with Crippen molar-refractivity contribution in [2.24, 2.45) is 5.73 Å². The van der Waals surface area contributed by atoms with Gasteiger partial charge in [-0.15, -0.1) is 0 Å². The summed E-state index contributed by atoms with van der Waals surface area (Å²) in [5.41, 5.74) is 8.06. The van der Waals surface area contributed by atoms with Gasteiger partial charge in [-0.1, -0.05) is 22.0 Å². The second-order valence-corrected chi connectivity index (χ2v) is 4.86. The topological polar surface area (TPSA) is 66.6 Å². The minimum atomic E-state index is -0.889. The molecule has 1 aliphatic rings. The van der Waals surface area contributed by atoms with Crippen molar-refractivity contribution >= 4 is 22.0 Å². The standard InChI is InChI=1S/C11H13BrN2O2/c12-8-1-2-9-7(5-8)6-14(11(15)16)4-3-10(9)13/h1-2,5,10H,3-4,6,13H2,(H,15,16)/t10-/m1/s1. The Kier molecular flexibility index (Phi) is 3.16. The highest BCUT2D eigenvalue weighted by atomic mass is 79.9. The third-order valence-corrected chi connectivity index (χ3v) is 3.34. The minimum absolute atomic E-state index is 0.0764. The molecule has 0 saturated carbocycles. The number of nitrogens with two attached hydrogens (primary N) is 1. The Bertz CT molecular complexity index is 422. The van der Waals surface area contributed by atoms with Gasteiger partial charge in [0, 0.05) is 23.6 Å². The van der Waals surface area contributed by atoms with Crippen LogP contribution in [0, 0.1) is 0 Å². The zero-order valence-electron chi connectivity index (χ0n) is 8.69. The van der Waals surface area contributed by atoms with Crippen molar-refractivity contribution in [1.82, 2.24) is 4.90 Å². The van der Waals surface area contributed by atoms with Gasteiger partial charge in [-0.05, 0) is 29.7 Å². The Morgan fingerprint density at radius 3 is 3.00 bits per heavy atom. The van der Waals surface area contributed by atoms with Crippen molar-refractivity contribution in [3.63, 3.8) is 0 Å². The second-order valence-electron chi connectivity index (χ2n) is 3.94. The fourth-order valence-corrected chi connectivity index (χ4v) is 2.38. The molecule has 2 rings (SSSR count). The number of hydrogen-bond donors (Lipinski definition) is 2. The van der Waals surface area contributed by atoms with E-state index in [1.807, 2.05) is 18.2 Å². The van der Waals surface area contributed by atoms with Crippen molar-refractivity contribution in [3.8, 4) is 0 Å². The van der Waals surface area contributed by atoms with Crippen LogP contribution in [0.2, 0.25) is 0 Å². The Labute approximate surface area is 102 Å². The first-order valence-electron chi connectivity index (χ1n) is 5.09. The first kappa shape index (κ1) is 11.4. The zero-order valence-corrected chi connectivity index (χ0v) is 10.3. The fourth-order valence-electron chi connectivity index (χ4n) is 1.97. The predicted octanol–water partition coefficient (Wildman–Crippen LogP) is 2.33. The van der Waals surface area contributed by atoms with Crippen molar-refractivity contribution in [1.29, 1.82) is 0 Å². The normalized spacial score (nSPS) is 20.1. The first-order valence-corrected chi connectivity index (χ1v) is 5.89. The van der Waals surface area contributed by atoms with E-state index in [1.165, 1.54) is 4.90 Å². The van der Waals surface area contributed by atoms with Gasteiger partial charge in [0.05, 0.1) is 0 Å². The van der Waals surface area contributed by atoms with Crippen LogP contribution in [0.25, 0.3) is 0 Å². The number of benzene rings is 1. The van der Waals surface area contributed by atoms with Crippen LogP contribution in [0.5, 0.6) is 0 Å². The Balaban J connectivity index is 2.38. The molecule has 0 bridgehead atoms. The van der Waals surface area contributed by atoms with Crippen LogP contribution in [-0.4, -0.2) is 22.6 Å². The van der Waals surface area contributed by atoms with Crippen LogP contribution in [0.15, 0.2) is 22.7 Å². The number of amides is 1. The third kappa shape index (κ3) is 2.20. The molecule has 1 aromatic carbocycles. The van der Waals surface area contributed by atoms with Gasteiger partial charge >= 0.3 is 6.09 Å². The van der Waals surface area contributed by atoms with Crippen molar-refractivity contribution in [2.75, 3.05) is 6.54 Å². The molecule has 86 valence electrons. The average Bonchev–Trinajstić information content (AvgIpc) is 2.38. The van der Waals surface area contributed by atoms with Crippen molar-refractivity contribution < 1.29 is 9.90 Å². The molecule has 0 radical (unpaired) electrons. The highest BCUT2D eigenvalue weighted by Crippen LogP contribution is 2.27. The molecule has 0 aromatic heterocycles. The SMILES string of the molecule is N[C@@H]1CCN(C(=O)O)Cc2cc(Br)ccc21. The Morgan fingerprint density at radius 1 is 1.56 bits per heavy atom. The van der Waals surface area contributed by atoms with Crippen LogP contribution in [0.4, 0.5) is 4.79 Å². The minimum Gasteiger partial charge on any atom is -0.465 e. The van der Waals surface area contributed by atoms with Gasteiger partial charge < -0.3 is 15.7 Å². The molecule has 1 aliphatic heterocycles. The fraction of sp³-hybridized carbons (Fsp3) is 0.364. The monoisotopic (exact) mass is 284 g/mol. The largest absolute Gasteiger partial charge is 0.465 e. The summed E-state index contributed by atoms with van der Waals surface area (Å²) in [6, 6.07) is 5.77. The Morgan fingerprint density at radius 2 is 2.31 bits per heavy atom. The number of carbonyl (C=O) groups is 1. The molecular formula is C11H13BrN2O2. The van der Waals surface area contributed by atoms with E-state index in [9.17, 15) is 4.79 Å². The van der Waals surface area contributed by atoms with Crippen molar-refractivity contribution in [2.45, 2.75) is 19.0 Å². The predicted molar refractivity (Wildman–Crippen MR) is 64.1 cm³/mol. The van der Waals surface area contributed by atoms with E-state index in [-0.39, 0.29) is 6.04 Å². The highest BCUT2D eigenvalue weighted by Gasteiger charge is 2.22. The number of carboxylic acid groups (broad SMARTS) is 1. The number of halogens is 1. The molecule has 4 nitrogen and oxygen atoms in total. The maximum atomic E-state index is 11.0. The smallest absolute Gasteiger partial charge is 0.407 e. The summed E-state index contributed by atoms with van der Waals surface area (Å²) in [6.45, 7) is 0.903. The van der Waals surface area contributed by atoms with Crippen molar-refractivity contribution in [3.05, 3.63) is 33.8 Å². The molecule has 5 heteroatoms. The molecule has 0 aliphatic carbocycles. The molecule has 16 heavy (non-hydrogen) atoms. The van der Waals surface area contributed by atoms with E-state index in [2.05, 4.69) is 15.9 Å². The molecule has 1 heterocycles. The molecule has 3 N–H and O–H groups in total. The lowest BCUT2D eigenvalue weighted by atomic mass is 10.0.